The lowest BCUT2D eigenvalue weighted by Gasteiger charge is -1.97. The number of rotatable bonds is 2. The zero-order valence-corrected chi connectivity index (χ0v) is 8.47. The van der Waals surface area contributed by atoms with Crippen molar-refractivity contribution in [1.82, 2.24) is 4.98 Å². The van der Waals surface area contributed by atoms with E-state index in [1.165, 1.54) is 13.0 Å². The Morgan fingerprint density at radius 1 is 1.38 bits per heavy atom. The molecule has 0 fully saturated rings. The van der Waals surface area contributed by atoms with Crippen molar-refractivity contribution < 1.29 is 19.4 Å². The van der Waals surface area contributed by atoms with E-state index in [-0.39, 0.29) is 23.1 Å². The third-order valence-electron chi connectivity index (χ3n) is 2.13. The van der Waals surface area contributed by atoms with E-state index >= 15 is 0 Å². The quantitative estimate of drug-likeness (QED) is 0.807. The molecule has 1 aromatic carbocycles. The van der Waals surface area contributed by atoms with E-state index in [9.17, 15) is 9.90 Å². The molecule has 0 aliphatic carbocycles. The monoisotopic (exact) mass is 219 g/mol. The molecule has 82 valence electrons. The number of hydrogen-bond donors (Lipinski definition) is 2. The van der Waals surface area contributed by atoms with E-state index in [2.05, 4.69) is 4.98 Å². The highest BCUT2D eigenvalue weighted by Crippen LogP contribution is 2.29. The van der Waals surface area contributed by atoms with E-state index in [0.717, 1.165) is 0 Å². The summed E-state index contributed by atoms with van der Waals surface area (Å²) in [4.78, 5) is 14.7. The number of aromatic carboxylic acids is 1. The van der Waals surface area contributed by atoms with Crippen molar-refractivity contribution in [2.45, 2.75) is 6.92 Å². The number of carboxylic acid groups (broad SMARTS) is 1. The maximum atomic E-state index is 10.8. The minimum absolute atomic E-state index is 0.000638. The SMILES string of the molecule is Cc1nc(-c2ccccc2O)oc1C(=O)O. The van der Waals surface area contributed by atoms with Crippen molar-refractivity contribution in [3.05, 3.63) is 35.7 Å². The molecule has 0 saturated heterocycles. The third kappa shape index (κ3) is 1.63. The molecule has 0 atom stereocenters. The van der Waals surface area contributed by atoms with Gasteiger partial charge in [0.1, 0.15) is 5.75 Å². The standard InChI is InChI=1S/C11H9NO4/c1-6-9(11(14)15)16-10(12-6)7-4-2-3-5-8(7)13/h2-5,13H,1H3,(H,14,15). The fourth-order valence-corrected chi connectivity index (χ4v) is 1.36. The van der Waals surface area contributed by atoms with Crippen LogP contribution in [0.5, 0.6) is 5.75 Å². The fourth-order valence-electron chi connectivity index (χ4n) is 1.36. The second-order valence-electron chi connectivity index (χ2n) is 3.26. The van der Waals surface area contributed by atoms with E-state index in [0.29, 0.717) is 5.56 Å². The molecule has 0 radical (unpaired) electrons. The molecule has 0 saturated carbocycles. The lowest BCUT2D eigenvalue weighted by atomic mass is 10.2. The van der Waals surface area contributed by atoms with Crippen LogP contribution in [0.3, 0.4) is 0 Å². The number of nitrogens with zero attached hydrogens (tertiary/aromatic N) is 1. The van der Waals surface area contributed by atoms with Crippen LogP contribution in [-0.4, -0.2) is 21.2 Å². The van der Waals surface area contributed by atoms with Gasteiger partial charge in [0.15, 0.2) is 0 Å². The van der Waals surface area contributed by atoms with Crippen molar-refractivity contribution in [3.8, 4) is 17.2 Å². The average Bonchev–Trinajstić information content (AvgIpc) is 2.61. The highest BCUT2D eigenvalue weighted by molar-refractivity contribution is 5.86. The number of hydrogen-bond acceptors (Lipinski definition) is 4. The van der Waals surface area contributed by atoms with Gasteiger partial charge in [-0.3, -0.25) is 0 Å². The Morgan fingerprint density at radius 2 is 2.06 bits per heavy atom. The summed E-state index contributed by atoms with van der Waals surface area (Å²) in [7, 11) is 0. The molecule has 16 heavy (non-hydrogen) atoms. The number of carboxylic acids is 1. The second-order valence-corrected chi connectivity index (χ2v) is 3.26. The molecule has 2 rings (SSSR count). The molecule has 1 heterocycles. The van der Waals surface area contributed by atoms with Gasteiger partial charge in [0.25, 0.3) is 0 Å². The molecule has 2 aromatic rings. The summed E-state index contributed by atoms with van der Waals surface area (Å²) in [5, 5.41) is 18.4. The summed E-state index contributed by atoms with van der Waals surface area (Å²) in [5.41, 5.74) is 0.656. The van der Waals surface area contributed by atoms with Gasteiger partial charge in [-0.15, -0.1) is 0 Å². The molecule has 0 amide bonds. The molecule has 0 aliphatic heterocycles. The second kappa shape index (κ2) is 3.69. The zero-order chi connectivity index (χ0) is 11.7. The van der Waals surface area contributed by atoms with Crippen LogP contribution in [0.2, 0.25) is 0 Å². The zero-order valence-electron chi connectivity index (χ0n) is 8.47. The van der Waals surface area contributed by atoms with Gasteiger partial charge in [-0.2, -0.15) is 0 Å². The van der Waals surface area contributed by atoms with Crippen molar-refractivity contribution in [1.29, 1.82) is 0 Å². The first-order chi connectivity index (χ1) is 7.59. The molecule has 0 unspecified atom stereocenters. The largest absolute Gasteiger partial charge is 0.507 e. The molecule has 0 spiro atoms. The van der Waals surface area contributed by atoms with Gasteiger partial charge in [-0.1, -0.05) is 12.1 Å². The lowest BCUT2D eigenvalue weighted by molar-refractivity contribution is 0.0662. The van der Waals surface area contributed by atoms with Crippen LogP contribution >= 0.6 is 0 Å². The summed E-state index contributed by atoms with van der Waals surface area (Å²) in [5.74, 6) is -1.28. The molecular formula is C11H9NO4. The average molecular weight is 219 g/mol. The van der Waals surface area contributed by atoms with Gasteiger partial charge >= 0.3 is 5.97 Å². The Hall–Kier alpha value is -2.30. The van der Waals surface area contributed by atoms with Crippen molar-refractivity contribution in [2.24, 2.45) is 0 Å². The number of phenolic OH excluding ortho intramolecular Hbond substituents is 1. The fraction of sp³-hybridized carbons (Fsp3) is 0.0909. The number of aryl methyl sites for hydroxylation is 1. The van der Waals surface area contributed by atoms with Crippen LogP contribution in [0, 0.1) is 6.92 Å². The number of aromatic nitrogens is 1. The highest BCUT2D eigenvalue weighted by atomic mass is 16.4. The summed E-state index contributed by atoms with van der Waals surface area (Å²) in [6.45, 7) is 1.54. The minimum Gasteiger partial charge on any atom is -0.507 e. The molecule has 0 aliphatic rings. The number of benzene rings is 1. The number of aromatic hydroxyl groups is 1. The van der Waals surface area contributed by atoms with E-state index in [1.807, 2.05) is 0 Å². The van der Waals surface area contributed by atoms with Gasteiger partial charge in [-0.05, 0) is 19.1 Å². The maximum Gasteiger partial charge on any atom is 0.373 e. The number of carbonyl (C=O) groups is 1. The first-order valence-corrected chi connectivity index (χ1v) is 4.58. The minimum atomic E-state index is -1.17. The first-order valence-electron chi connectivity index (χ1n) is 4.58. The molecule has 1 aromatic heterocycles. The van der Waals surface area contributed by atoms with E-state index in [4.69, 9.17) is 9.52 Å². The highest BCUT2D eigenvalue weighted by Gasteiger charge is 2.18. The topological polar surface area (TPSA) is 83.6 Å². The number of para-hydroxylation sites is 1. The van der Waals surface area contributed by atoms with Gasteiger partial charge in [0.05, 0.1) is 11.3 Å². The third-order valence-corrected chi connectivity index (χ3v) is 2.13. The van der Waals surface area contributed by atoms with Crippen LogP contribution < -0.4 is 0 Å². The Balaban J connectivity index is 2.54. The van der Waals surface area contributed by atoms with Crippen LogP contribution in [0.4, 0.5) is 0 Å². The Kier molecular flexibility index (Phi) is 2.36. The lowest BCUT2D eigenvalue weighted by Crippen LogP contribution is -1.95. The molecule has 0 bridgehead atoms. The molecular weight excluding hydrogens is 210 g/mol. The van der Waals surface area contributed by atoms with Gasteiger partial charge < -0.3 is 14.6 Å². The van der Waals surface area contributed by atoms with E-state index < -0.39 is 5.97 Å². The van der Waals surface area contributed by atoms with E-state index in [1.54, 1.807) is 18.2 Å². The van der Waals surface area contributed by atoms with Crippen LogP contribution in [0.25, 0.3) is 11.5 Å². The van der Waals surface area contributed by atoms with Crippen molar-refractivity contribution in [2.75, 3.05) is 0 Å². The summed E-state index contributed by atoms with van der Waals surface area (Å²) in [6, 6.07) is 6.45. The van der Waals surface area contributed by atoms with Crippen LogP contribution in [0.15, 0.2) is 28.7 Å². The van der Waals surface area contributed by atoms with Crippen LogP contribution in [-0.2, 0) is 0 Å². The Bertz CT molecular complexity index is 545. The molecule has 5 nitrogen and oxygen atoms in total. The summed E-state index contributed by atoms with van der Waals surface area (Å²) < 4.78 is 5.07. The smallest absolute Gasteiger partial charge is 0.373 e. The number of oxazole rings is 1. The van der Waals surface area contributed by atoms with Gasteiger partial charge in [0, 0.05) is 0 Å². The predicted octanol–water partition coefficient (Wildman–Crippen LogP) is 2.05. The van der Waals surface area contributed by atoms with Gasteiger partial charge in [-0.25, -0.2) is 9.78 Å². The normalized spacial score (nSPS) is 10.3. The Morgan fingerprint density at radius 3 is 2.62 bits per heavy atom. The molecule has 2 N–H and O–H groups in total. The van der Waals surface area contributed by atoms with Gasteiger partial charge in [0.2, 0.25) is 11.7 Å². The van der Waals surface area contributed by atoms with Crippen molar-refractivity contribution >= 4 is 5.97 Å². The maximum absolute atomic E-state index is 10.8. The number of phenols is 1. The van der Waals surface area contributed by atoms with Crippen molar-refractivity contribution in [3.63, 3.8) is 0 Å². The molecule has 5 heteroatoms. The summed E-state index contributed by atoms with van der Waals surface area (Å²) in [6.07, 6.45) is 0. The summed E-state index contributed by atoms with van der Waals surface area (Å²) >= 11 is 0. The van der Waals surface area contributed by atoms with Crippen LogP contribution in [0.1, 0.15) is 16.2 Å². The predicted molar refractivity (Wildman–Crippen MR) is 55.3 cm³/mol. The first kappa shape index (κ1) is 10.2. The Labute approximate surface area is 91.0 Å².